The minimum atomic E-state index is -0.417. The van der Waals surface area contributed by atoms with E-state index >= 15 is 0 Å². The van der Waals surface area contributed by atoms with Crippen molar-refractivity contribution >= 4 is 5.82 Å². The third kappa shape index (κ3) is 1.69. The van der Waals surface area contributed by atoms with E-state index in [0.717, 1.165) is 25.7 Å². The molecule has 0 radical (unpaired) electrons. The summed E-state index contributed by atoms with van der Waals surface area (Å²) in [6, 6.07) is 0. The van der Waals surface area contributed by atoms with Crippen molar-refractivity contribution in [3.63, 3.8) is 0 Å². The van der Waals surface area contributed by atoms with Gasteiger partial charge in [0.15, 0.2) is 11.6 Å². The summed E-state index contributed by atoms with van der Waals surface area (Å²) in [7, 11) is 0. The minimum absolute atomic E-state index is 0.0272. The van der Waals surface area contributed by atoms with Crippen LogP contribution in [-0.4, -0.2) is 9.97 Å². The highest BCUT2D eigenvalue weighted by atomic mass is 19.1. The maximum atomic E-state index is 13.5. The van der Waals surface area contributed by atoms with E-state index in [9.17, 15) is 4.39 Å². The van der Waals surface area contributed by atoms with Crippen LogP contribution in [0.3, 0.4) is 0 Å². The van der Waals surface area contributed by atoms with Crippen molar-refractivity contribution in [3.8, 4) is 0 Å². The number of halogens is 1. The first-order chi connectivity index (χ1) is 6.79. The van der Waals surface area contributed by atoms with Crippen LogP contribution in [0.5, 0.6) is 0 Å². The number of hydrogen-bond donors (Lipinski definition) is 1. The maximum absolute atomic E-state index is 13.5. The van der Waals surface area contributed by atoms with Crippen LogP contribution in [0.2, 0.25) is 0 Å². The fourth-order valence-electron chi connectivity index (χ4n) is 2.06. The summed E-state index contributed by atoms with van der Waals surface area (Å²) >= 11 is 0. The second-order valence-electron chi connectivity index (χ2n) is 3.79. The van der Waals surface area contributed by atoms with Gasteiger partial charge in [0.1, 0.15) is 6.33 Å². The number of nitrogen functional groups attached to an aromatic ring is 1. The summed E-state index contributed by atoms with van der Waals surface area (Å²) < 4.78 is 13.5. The normalized spacial score (nSPS) is 18.4. The molecule has 0 saturated heterocycles. The van der Waals surface area contributed by atoms with E-state index in [4.69, 9.17) is 5.73 Å². The van der Waals surface area contributed by atoms with E-state index in [2.05, 4.69) is 9.97 Å². The number of rotatable bonds is 1. The summed E-state index contributed by atoms with van der Waals surface area (Å²) in [5.74, 6) is -0.200. The van der Waals surface area contributed by atoms with Crippen molar-refractivity contribution in [3.05, 3.63) is 17.8 Å². The molecule has 1 aromatic heterocycles. The Hall–Kier alpha value is -1.19. The Morgan fingerprint density at radius 2 is 1.93 bits per heavy atom. The van der Waals surface area contributed by atoms with E-state index in [-0.39, 0.29) is 11.7 Å². The van der Waals surface area contributed by atoms with E-state index in [0.29, 0.717) is 5.69 Å². The van der Waals surface area contributed by atoms with Gasteiger partial charge in [-0.2, -0.15) is 0 Å². The molecule has 0 unspecified atom stereocenters. The molecule has 1 fully saturated rings. The van der Waals surface area contributed by atoms with E-state index < -0.39 is 5.82 Å². The van der Waals surface area contributed by atoms with Gasteiger partial charge in [0.05, 0.1) is 5.69 Å². The third-order valence-electron chi connectivity index (χ3n) is 2.84. The van der Waals surface area contributed by atoms with Crippen LogP contribution in [0.4, 0.5) is 10.2 Å². The van der Waals surface area contributed by atoms with Crippen LogP contribution in [0.25, 0.3) is 0 Å². The summed E-state index contributed by atoms with van der Waals surface area (Å²) in [5.41, 5.74) is 5.91. The molecule has 1 saturated carbocycles. The van der Waals surface area contributed by atoms with Gasteiger partial charge in [0.2, 0.25) is 0 Å². The molecule has 0 amide bonds. The average molecular weight is 195 g/mol. The average Bonchev–Trinajstić information content (AvgIpc) is 2.23. The number of hydrogen-bond acceptors (Lipinski definition) is 3. The van der Waals surface area contributed by atoms with Crippen molar-refractivity contribution in [2.45, 2.75) is 38.0 Å². The predicted octanol–water partition coefficient (Wildman–Crippen LogP) is 2.25. The van der Waals surface area contributed by atoms with Crippen LogP contribution < -0.4 is 5.73 Å². The topological polar surface area (TPSA) is 51.8 Å². The molecule has 0 aliphatic heterocycles. The zero-order chi connectivity index (χ0) is 9.97. The molecule has 1 aromatic rings. The van der Waals surface area contributed by atoms with Gasteiger partial charge in [-0.05, 0) is 12.8 Å². The Balaban J connectivity index is 2.26. The first kappa shape index (κ1) is 9.37. The van der Waals surface area contributed by atoms with Crippen LogP contribution in [0.15, 0.2) is 6.33 Å². The SMILES string of the molecule is Nc1ncnc(C2CCCCC2)c1F. The molecule has 0 bridgehead atoms. The van der Waals surface area contributed by atoms with Gasteiger partial charge in [-0.15, -0.1) is 0 Å². The lowest BCUT2D eigenvalue weighted by Gasteiger charge is -2.21. The van der Waals surface area contributed by atoms with Crippen molar-refractivity contribution in [1.82, 2.24) is 9.97 Å². The van der Waals surface area contributed by atoms with Crippen LogP contribution in [0.1, 0.15) is 43.7 Å². The fourth-order valence-corrected chi connectivity index (χ4v) is 2.06. The van der Waals surface area contributed by atoms with E-state index in [1.54, 1.807) is 0 Å². The van der Waals surface area contributed by atoms with Gasteiger partial charge >= 0.3 is 0 Å². The molecule has 4 heteroatoms. The molecule has 76 valence electrons. The zero-order valence-electron chi connectivity index (χ0n) is 8.04. The monoisotopic (exact) mass is 195 g/mol. The highest BCUT2D eigenvalue weighted by molar-refractivity contribution is 5.32. The number of nitrogens with zero attached hydrogens (tertiary/aromatic N) is 2. The summed E-state index contributed by atoms with van der Waals surface area (Å²) in [5, 5.41) is 0. The van der Waals surface area contributed by atoms with E-state index in [1.807, 2.05) is 0 Å². The van der Waals surface area contributed by atoms with Gasteiger partial charge in [0, 0.05) is 5.92 Å². The molecule has 14 heavy (non-hydrogen) atoms. The van der Waals surface area contributed by atoms with Crippen LogP contribution >= 0.6 is 0 Å². The molecule has 1 aliphatic rings. The molecule has 0 atom stereocenters. The van der Waals surface area contributed by atoms with Crippen molar-refractivity contribution < 1.29 is 4.39 Å². The van der Waals surface area contributed by atoms with Crippen molar-refractivity contribution in [2.75, 3.05) is 5.73 Å². The number of nitrogens with two attached hydrogens (primary N) is 1. The lowest BCUT2D eigenvalue weighted by molar-refractivity contribution is 0.420. The van der Waals surface area contributed by atoms with Crippen LogP contribution in [0, 0.1) is 5.82 Å². The molecule has 0 spiro atoms. The maximum Gasteiger partial charge on any atom is 0.186 e. The first-order valence-electron chi connectivity index (χ1n) is 5.05. The van der Waals surface area contributed by atoms with Crippen LogP contribution in [-0.2, 0) is 0 Å². The van der Waals surface area contributed by atoms with Gasteiger partial charge in [-0.25, -0.2) is 14.4 Å². The number of aromatic nitrogens is 2. The van der Waals surface area contributed by atoms with Gasteiger partial charge < -0.3 is 5.73 Å². The molecule has 1 heterocycles. The fraction of sp³-hybridized carbons (Fsp3) is 0.600. The molecule has 0 aromatic carbocycles. The van der Waals surface area contributed by atoms with Crippen molar-refractivity contribution in [2.24, 2.45) is 0 Å². The summed E-state index contributed by atoms with van der Waals surface area (Å²) in [6.07, 6.45) is 6.96. The Bertz CT molecular complexity index is 321. The lowest BCUT2D eigenvalue weighted by Crippen LogP contribution is -2.11. The molecule has 2 rings (SSSR count). The van der Waals surface area contributed by atoms with Gasteiger partial charge in [-0.3, -0.25) is 0 Å². The third-order valence-corrected chi connectivity index (χ3v) is 2.84. The Morgan fingerprint density at radius 1 is 1.21 bits per heavy atom. The first-order valence-corrected chi connectivity index (χ1v) is 5.05. The Kier molecular flexibility index (Phi) is 2.61. The molecule has 3 nitrogen and oxygen atoms in total. The smallest absolute Gasteiger partial charge is 0.186 e. The minimum Gasteiger partial charge on any atom is -0.381 e. The van der Waals surface area contributed by atoms with E-state index in [1.165, 1.54) is 12.7 Å². The molecular weight excluding hydrogens is 181 g/mol. The molecule has 2 N–H and O–H groups in total. The largest absolute Gasteiger partial charge is 0.381 e. The molecule has 1 aliphatic carbocycles. The van der Waals surface area contributed by atoms with Gasteiger partial charge in [0.25, 0.3) is 0 Å². The standard InChI is InChI=1S/C10H14FN3/c11-8-9(13-6-14-10(8)12)7-4-2-1-3-5-7/h6-7H,1-5H2,(H2,12,13,14). The molecular formula is C10H14FN3. The Labute approximate surface area is 82.6 Å². The highest BCUT2D eigenvalue weighted by Crippen LogP contribution is 2.33. The van der Waals surface area contributed by atoms with Gasteiger partial charge in [-0.1, -0.05) is 19.3 Å². The summed E-state index contributed by atoms with van der Waals surface area (Å²) in [6.45, 7) is 0. The zero-order valence-corrected chi connectivity index (χ0v) is 8.04. The summed E-state index contributed by atoms with van der Waals surface area (Å²) in [4.78, 5) is 7.62. The van der Waals surface area contributed by atoms with Crippen molar-refractivity contribution in [1.29, 1.82) is 0 Å². The quantitative estimate of drug-likeness (QED) is 0.747. The predicted molar refractivity (Wildman–Crippen MR) is 52.2 cm³/mol. The number of anilines is 1. The lowest BCUT2D eigenvalue weighted by atomic mass is 9.86. The second-order valence-corrected chi connectivity index (χ2v) is 3.79. The highest BCUT2D eigenvalue weighted by Gasteiger charge is 2.21. The Morgan fingerprint density at radius 3 is 2.64 bits per heavy atom. The second kappa shape index (κ2) is 3.90.